The smallest absolute Gasteiger partial charge is 0.262 e. The summed E-state index contributed by atoms with van der Waals surface area (Å²) in [6.07, 6.45) is 0. The molecule has 11 heteroatoms. The number of hydrogen-bond acceptors (Lipinski definition) is 7. The Morgan fingerprint density at radius 1 is 0.700 bits per heavy atom. The van der Waals surface area contributed by atoms with Gasteiger partial charge in [0.2, 0.25) is 10.0 Å². The molecule has 0 radical (unpaired) electrons. The van der Waals surface area contributed by atoms with Crippen LogP contribution in [0.1, 0.15) is 20.8 Å². The molecule has 2 rings (SSSR count). The van der Waals surface area contributed by atoms with E-state index < -0.39 is 25.6 Å². The Morgan fingerprint density at radius 2 is 1.20 bits per heavy atom. The van der Waals surface area contributed by atoms with Crippen molar-refractivity contribution >= 4 is 25.7 Å². The Morgan fingerprint density at radius 3 is 1.70 bits per heavy atom. The highest BCUT2D eigenvalue weighted by atomic mass is 32.2. The molecule has 0 saturated carbocycles. The van der Waals surface area contributed by atoms with Gasteiger partial charge in [-0.25, -0.2) is 21.6 Å². The number of hydrogen-bond donors (Lipinski definition) is 2. The minimum atomic E-state index is -4.08. The van der Waals surface area contributed by atoms with Crippen LogP contribution in [-0.2, 0) is 20.0 Å². The maximum Gasteiger partial charge on any atom is 0.262 e. The van der Waals surface area contributed by atoms with Crippen LogP contribution in [0.25, 0.3) is 0 Å². The quantitative estimate of drug-likeness (QED) is 0.624. The predicted molar refractivity (Wildman–Crippen MR) is 113 cm³/mol. The lowest BCUT2D eigenvalue weighted by atomic mass is 10.1. The Hall–Kier alpha value is -2.50. The molecular weight excluding hydrogens is 432 g/mol. The molecule has 0 aliphatic rings. The van der Waals surface area contributed by atoms with Gasteiger partial charge in [0.05, 0.1) is 36.8 Å². The van der Waals surface area contributed by atoms with Crippen LogP contribution < -0.4 is 23.7 Å². The topological polar surface area (TPSA) is 120 Å². The Kier molecular flexibility index (Phi) is 6.90. The van der Waals surface area contributed by atoms with Crippen molar-refractivity contribution in [3.8, 4) is 17.2 Å². The van der Waals surface area contributed by atoms with Crippen LogP contribution in [0.5, 0.6) is 17.2 Å². The molecule has 2 aromatic rings. The van der Waals surface area contributed by atoms with Gasteiger partial charge in [0.1, 0.15) is 5.75 Å². The molecule has 0 aliphatic heterocycles. The fourth-order valence-corrected chi connectivity index (χ4v) is 5.10. The largest absolute Gasteiger partial charge is 0.495 e. The van der Waals surface area contributed by atoms with Crippen LogP contribution in [0.4, 0.5) is 5.69 Å². The lowest BCUT2D eigenvalue weighted by molar-refractivity contribution is 0.354. The first-order valence-corrected chi connectivity index (χ1v) is 11.8. The molecule has 0 fully saturated rings. The SMILES string of the molecule is COc1ccc(S(=O)(=O)NC(C)(C)C)cc1NS(=O)(=O)c1ccc(OC)c(OC)c1. The number of methoxy groups -OCH3 is 3. The van der Waals surface area contributed by atoms with Crippen molar-refractivity contribution in [1.82, 2.24) is 4.72 Å². The summed E-state index contributed by atoms with van der Waals surface area (Å²) in [6.45, 7) is 5.11. The summed E-state index contributed by atoms with van der Waals surface area (Å²) in [6, 6.07) is 8.02. The predicted octanol–water partition coefficient (Wildman–Crippen LogP) is 2.59. The molecule has 0 spiro atoms. The molecule has 0 aromatic heterocycles. The fourth-order valence-electron chi connectivity index (χ4n) is 2.58. The van der Waals surface area contributed by atoms with E-state index in [0.717, 1.165) is 0 Å². The third-order valence-corrected chi connectivity index (χ3v) is 6.95. The van der Waals surface area contributed by atoms with E-state index in [-0.39, 0.29) is 27.0 Å². The van der Waals surface area contributed by atoms with Gasteiger partial charge in [0, 0.05) is 11.6 Å². The number of rotatable bonds is 8. The molecule has 9 nitrogen and oxygen atoms in total. The second-order valence-corrected chi connectivity index (χ2v) is 10.7. The summed E-state index contributed by atoms with van der Waals surface area (Å²) in [5, 5.41) is 0. The second kappa shape index (κ2) is 8.70. The monoisotopic (exact) mass is 458 g/mol. The molecule has 0 atom stereocenters. The van der Waals surface area contributed by atoms with Crippen LogP contribution in [-0.4, -0.2) is 43.7 Å². The minimum Gasteiger partial charge on any atom is -0.495 e. The van der Waals surface area contributed by atoms with Crippen LogP contribution in [0.2, 0.25) is 0 Å². The third-order valence-electron chi connectivity index (χ3n) is 3.83. The van der Waals surface area contributed by atoms with Crippen LogP contribution in [0, 0.1) is 0 Å². The molecule has 0 aliphatic carbocycles. The molecule has 0 unspecified atom stereocenters. The number of nitrogens with one attached hydrogen (secondary N) is 2. The Balaban J connectivity index is 2.48. The number of benzene rings is 2. The standard InChI is InChI=1S/C19H26N2O7S2/c1-19(2,3)21-30(24,25)13-7-9-16(26-4)15(11-13)20-29(22,23)14-8-10-17(27-5)18(12-14)28-6/h7-12,20-21H,1-6H3. The Labute approximate surface area is 177 Å². The maximum absolute atomic E-state index is 12.9. The van der Waals surface area contributed by atoms with Crippen molar-refractivity contribution in [3.63, 3.8) is 0 Å². The van der Waals surface area contributed by atoms with E-state index >= 15 is 0 Å². The molecule has 0 heterocycles. The molecule has 0 bridgehead atoms. The highest BCUT2D eigenvalue weighted by Crippen LogP contribution is 2.33. The lowest BCUT2D eigenvalue weighted by Gasteiger charge is -2.21. The van der Waals surface area contributed by atoms with E-state index in [1.807, 2.05) is 0 Å². The van der Waals surface area contributed by atoms with Gasteiger partial charge in [-0.2, -0.15) is 0 Å². The average Bonchev–Trinajstić information content (AvgIpc) is 2.65. The first kappa shape index (κ1) is 23.8. The van der Waals surface area contributed by atoms with Crippen LogP contribution >= 0.6 is 0 Å². The van der Waals surface area contributed by atoms with Crippen molar-refractivity contribution in [2.75, 3.05) is 26.1 Å². The van der Waals surface area contributed by atoms with Gasteiger partial charge >= 0.3 is 0 Å². The zero-order valence-corrected chi connectivity index (χ0v) is 19.3. The van der Waals surface area contributed by atoms with E-state index in [2.05, 4.69) is 9.44 Å². The fraction of sp³-hybridized carbons (Fsp3) is 0.368. The minimum absolute atomic E-state index is 0.0240. The van der Waals surface area contributed by atoms with Gasteiger partial charge in [-0.05, 0) is 51.1 Å². The summed E-state index contributed by atoms with van der Waals surface area (Å²) in [5.74, 6) is 0.766. The molecule has 30 heavy (non-hydrogen) atoms. The van der Waals surface area contributed by atoms with Crippen molar-refractivity contribution in [1.29, 1.82) is 0 Å². The summed E-state index contributed by atoms with van der Waals surface area (Å²) in [7, 11) is -3.78. The Bertz CT molecular complexity index is 1120. The number of ether oxygens (including phenoxy) is 3. The van der Waals surface area contributed by atoms with Crippen molar-refractivity contribution in [2.24, 2.45) is 0 Å². The van der Waals surface area contributed by atoms with Gasteiger partial charge in [0.15, 0.2) is 11.5 Å². The zero-order valence-electron chi connectivity index (χ0n) is 17.6. The molecule has 0 amide bonds. The second-order valence-electron chi connectivity index (χ2n) is 7.34. The summed E-state index contributed by atoms with van der Waals surface area (Å²) in [4.78, 5) is -0.202. The first-order valence-electron chi connectivity index (χ1n) is 8.80. The molecule has 0 saturated heterocycles. The van der Waals surface area contributed by atoms with Crippen molar-refractivity contribution < 1.29 is 31.0 Å². The third kappa shape index (κ3) is 5.55. The summed E-state index contributed by atoms with van der Waals surface area (Å²) in [5.41, 5.74) is -0.734. The first-order chi connectivity index (χ1) is 13.8. The van der Waals surface area contributed by atoms with Gasteiger partial charge in [-0.15, -0.1) is 0 Å². The number of anilines is 1. The van der Waals surface area contributed by atoms with E-state index in [9.17, 15) is 16.8 Å². The van der Waals surface area contributed by atoms with E-state index in [4.69, 9.17) is 14.2 Å². The van der Waals surface area contributed by atoms with Crippen molar-refractivity contribution in [3.05, 3.63) is 36.4 Å². The van der Waals surface area contributed by atoms with E-state index in [1.54, 1.807) is 20.8 Å². The van der Waals surface area contributed by atoms with Crippen LogP contribution in [0.15, 0.2) is 46.2 Å². The van der Waals surface area contributed by atoms with Gasteiger partial charge < -0.3 is 14.2 Å². The van der Waals surface area contributed by atoms with Gasteiger partial charge in [-0.3, -0.25) is 4.72 Å². The van der Waals surface area contributed by atoms with Gasteiger partial charge in [0.25, 0.3) is 10.0 Å². The van der Waals surface area contributed by atoms with E-state index in [0.29, 0.717) is 5.75 Å². The number of sulfonamides is 2. The highest BCUT2D eigenvalue weighted by molar-refractivity contribution is 7.92. The average molecular weight is 459 g/mol. The molecule has 166 valence electrons. The molecule has 2 N–H and O–H groups in total. The zero-order chi connectivity index (χ0) is 22.7. The lowest BCUT2D eigenvalue weighted by Crippen LogP contribution is -2.40. The molecular formula is C19H26N2O7S2. The summed E-state index contributed by atoms with van der Waals surface area (Å²) < 4.78 is 71.4. The highest BCUT2D eigenvalue weighted by Gasteiger charge is 2.25. The van der Waals surface area contributed by atoms with Crippen molar-refractivity contribution in [2.45, 2.75) is 36.1 Å². The van der Waals surface area contributed by atoms with E-state index in [1.165, 1.54) is 57.7 Å². The van der Waals surface area contributed by atoms with Crippen LogP contribution in [0.3, 0.4) is 0 Å². The normalized spacial score (nSPS) is 12.3. The van der Waals surface area contributed by atoms with Gasteiger partial charge in [-0.1, -0.05) is 0 Å². The molecule has 2 aromatic carbocycles. The summed E-state index contributed by atoms with van der Waals surface area (Å²) >= 11 is 0. The maximum atomic E-state index is 12.9.